The summed E-state index contributed by atoms with van der Waals surface area (Å²) in [6.07, 6.45) is 10.9. The summed E-state index contributed by atoms with van der Waals surface area (Å²) >= 11 is 0. The van der Waals surface area contributed by atoms with Crippen LogP contribution in [0.4, 0.5) is 16.3 Å². The van der Waals surface area contributed by atoms with Gasteiger partial charge >= 0.3 is 6.03 Å². The Labute approximate surface area is 262 Å². The van der Waals surface area contributed by atoms with E-state index in [1.165, 1.54) is 5.56 Å². The van der Waals surface area contributed by atoms with Crippen LogP contribution < -0.4 is 20.4 Å². The summed E-state index contributed by atoms with van der Waals surface area (Å²) < 4.78 is 1.86. The number of hydrogen-bond acceptors (Lipinski definition) is 8. The minimum absolute atomic E-state index is 0.0849. The number of anilines is 2. The van der Waals surface area contributed by atoms with Crippen LogP contribution in [0.25, 0.3) is 5.65 Å². The van der Waals surface area contributed by atoms with Gasteiger partial charge in [0.1, 0.15) is 12.0 Å². The quantitative estimate of drug-likeness (QED) is 0.313. The number of pyridine rings is 1. The number of carbonyl (C=O) groups excluding carboxylic acids is 2. The minimum Gasteiger partial charge on any atom is -0.369 e. The molecule has 3 aromatic heterocycles. The molecule has 0 unspecified atom stereocenters. The van der Waals surface area contributed by atoms with Crippen LogP contribution in [0.5, 0.6) is 0 Å². The second-order valence-corrected chi connectivity index (χ2v) is 12.7. The van der Waals surface area contributed by atoms with Crippen molar-refractivity contribution in [3.63, 3.8) is 0 Å². The molecule has 234 valence electrons. The first-order valence-electron chi connectivity index (χ1n) is 15.9. The Morgan fingerprint density at radius 1 is 1.04 bits per heavy atom. The lowest BCUT2D eigenvalue weighted by atomic mass is 9.77. The first-order chi connectivity index (χ1) is 21.9. The molecule has 3 aliphatic heterocycles. The van der Waals surface area contributed by atoms with E-state index in [1.807, 2.05) is 23.7 Å². The average molecular weight is 609 g/mol. The fraction of sp³-hybridized carbons (Fsp3) is 0.455. The van der Waals surface area contributed by atoms with Crippen molar-refractivity contribution in [1.82, 2.24) is 40.1 Å². The molecule has 1 atom stereocenters. The number of piperidine rings is 1. The van der Waals surface area contributed by atoms with Crippen molar-refractivity contribution in [1.29, 1.82) is 0 Å². The van der Waals surface area contributed by atoms with Gasteiger partial charge < -0.3 is 25.3 Å². The summed E-state index contributed by atoms with van der Waals surface area (Å²) in [4.78, 5) is 41.5. The normalized spacial score (nSPS) is 21.1. The Morgan fingerprint density at radius 3 is 2.62 bits per heavy atom. The third-order valence-electron chi connectivity index (χ3n) is 10.1. The maximum absolute atomic E-state index is 13.1. The van der Waals surface area contributed by atoms with Gasteiger partial charge in [-0.1, -0.05) is 37.3 Å². The molecule has 0 radical (unpaired) electrons. The van der Waals surface area contributed by atoms with Crippen LogP contribution in [0.15, 0.2) is 61.3 Å². The van der Waals surface area contributed by atoms with E-state index in [0.29, 0.717) is 25.3 Å². The van der Waals surface area contributed by atoms with Crippen LogP contribution in [0.1, 0.15) is 54.2 Å². The van der Waals surface area contributed by atoms with Crippen molar-refractivity contribution in [3.8, 4) is 0 Å². The number of hydrogen-bond donors (Lipinski definition) is 2. The van der Waals surface area contributed by atoms with Gasteiger partial charge in [-0.05, 0) is 49.8 Å². The first-order valence-corrected chi connectivity index (χ1v) is 15.9. The van der Waals surface area contributed by atoms with E-state index >= 15 is 0 Å². The highest BCUT2D eigenvalue weighted by atomic mass is 16.2. The van der Waals surface area contributed by atoms with E-state index in [4.69, 9.17) is 0 Å². The molecule has 12 heteroatoms. The van der Waals surface area contributed by atoms with Crippen LogP contribution in [-0.4, -0.2) is 92.8 Å². The molecule has 2 N–H and O–H groups in total. The zero-order valence-corrected chi connectivity index (χ0v) is 25.9. The monoisotopic (exact) mass is 608 g/mol. The summed E-state index contributed by atoms with van der Waals surface area (Å²) in [5.41, 5.74) is 4.29. The predicted molar refractivity (Wildman–Crippen MR) is 172 cm³/mol. The van der Waals surface area contributed by atoms with Crippen molar-refractivity contribution in [3.05, 3.63) is 78.1 Å². The molecule has 6 heterocycles. The molecule has 4 aromatic rings. The molecular formula is C33H40N10O2. The van der Waals surface area contributed by atoms with E-state index < -0.39 is 0 Å². The molecule has 3 saturated heterocycles. The van der Waals surface area contributed by atoms with Crippen LogP contribution in [0, 0.1) is 6.92 Å². The van der Waals surface area contributed by atoms with Crippen molar-refractivity contribution < 1.29 is 9.59 Å². The molecule has 7 rings (SSSR count). The number of aromatic nitrogens is 5. The van der Waals surface area contributed by atoms with Gasteiger partial charge in [-0.3, -0.25) is 9.20 Å². The lowest BCUT2D eigenvalue weighted by molar-refractivity contribution is 0.0944. The number of fused-ring (bicyclic) bond motifs is 1. The molecule has 0 aliphatic carbocycles. The molecule has 1 spiro atoms. The molecule has 3 fully saturated rings. The summed E-state index contributed by atoms with van der Waals surface area (Å²) in [5, 5.41) is 14.4. The van der Waals surface area contributed by atoms with Gasteiger partial charge in [0, 0.05) is 63.6 Å². The molecule has 45 heavy (non-hydrogen) atoms. The second-order valence-electron chi connectivity index (χ2n) is 12.7. The van der Waals surface area contributed by atoms with Crippen molar-refractivity contribution in [2.75, 3.05) is 55.6 Å². The average Bonchev–Trinajstić information content (AvgIpc) is 3.80. The Morgan fingerprint density at radius 2 is 1.84 bits per heavy atom. The fourth-order valence-corrected chi connectivity index (χ4v) is 7.33. The van der Waals surface area contributed by atoms with Crippen molar-refractivity contribution in [2.45, 2.75) is 50.5 Å². The van der Waals surface area contributed by atoms with Crippen LogP contribution >= 0.6 is 0 Å². The van der Waals surface area contributed by atoms with Crippen LogP contribution in [-0.2, 0) is 5.41 Å². The van der Waals surface area contributed by atoms with E-state index in [2.05, 4.69) is 83.9 Å². The van der Waals surface area contributed by atoms with Crippen molar-refractivity contribution >= 4 is 29.1 Å². The Balaban J connectivity index is 0.915. The fourth-order valence-electron chi connectivity index (χ4n) is 7.33. The lowest BCUT2D eigenvalue weighted by Crippen LogP contribution is -2.52. The largest absolute Gasteiger partial charge is 0.369 e. The maximum Gasteiger partial charge on any atom is 0.318 e. The number of aryl methyl sites for hydroxylation is 1. The maximum atomic E-state index is 13.1. The molecule has 0 saturated carbocycles. The highest BCUT2D eigenvalue weighted by Crippen LogP contribution is 2.39. The summed E-state index contributed by atoms with van der Waals surface area (Å²) in [7, 11) is 0. The van der Waals surface area contributed by atoms with Gasteiger partial charge in [0.25, 0.3) is 5.91 Å². The Bertz CT molecular complexity index is 1700. The molecule has 3 aliphatic rings. The first kappa shape index (κ1) is 29.0. The summed E-state index contributed by atoms with van der Waals surface area (Å²) in [5.74, 6) is 0.595. The molecular weight excluding hydrogens is 568 g/mol. The van der Waals surface area contributed by atoms with E-state index in [9.17, 15) is 9.59 Å². The van der Waals surface area contributed by atoms with Gasteiger partial charge in [0.2, 0.25) is 5.65 Å². The van der Waals surface area contributed by atoms with E-state index in [0.717, 1.165) is 74.6 Å². The third-order valence-corrected chi connectivity index (χ3v) is 10.1. The molecule has 3 amide bonds. The molecule has 1 aromatic carbocycles. The van der Waals surface area contributed by atoms with Gasteiger partial charge in [0.15, 0.2) is 5.82 Å². The van der Waals surface area contributed by atoms with Gasteiger partial charge in [-0.25, -0.2) is 14.8 Å². The topological polar surface area (TPSA) is 124 Å². The molecule has 0 bridgehead atoms. The van der Waals surface area contributed by atoms with E-state index in [1.54, 1.807) is 17.4 Å². The number of amides is 3. The zero-order chi connectivity index (χ0) is 31.0. The predicted octanol–water partition coefficient (Wildman–Crippen LogP) is 3.18. The van der Waals surface area contributed by atoms with Crippen LogP contribution in [0.2, 0.25) is 0 Å². The smallest absolute Gasteiger partial charge is 0.318 e. The van der Waals surface area contributed by atoms with Gasteiger partial charge in [0.05, 0.1) is 17.4 Å². The highest BCUT2D eigenvalue weighted by Gasteiger charge is 2.44. The lowest BCUT2D eigenvalue weighted by Gasteiger charge is -2.39. The number of urea groups is 1. The van der Waals surface area contributed by atoms with Crippen molar-refractivity contribution in [2.24, 2.45) is 0 Å². The summed E-state index contributed by atoms with van der Waals surface area (Å²) in [6.45, 7) is 9.03. The number of nitrogens with zero attached hydrogens (tertiary/aromatic N) is 8. The van der Waals surface area contributed by atoms with Gasteiger partial charge in [-0.15, -0.1) is 10.2 Å². The standard InChI is InChI=1S/C33H40N10O2/c1-3-32(25-7-5-4-6-8-25)9-14-41(21-32)26-19-24(2)27(36-20-26)30(44)35-13-17-42-22-33(38-31(42)45)10-15-40(16-11-33)28-29-39-37-23-43(29)18-12-34-28/h4-8,12,18-20,23H,3,9-11,13-17,21-22H2,1-2H3,(H,35,44)(H,38,45)/t32-/m0/s1. The second kappa shape index (κ2) is 11.6. The zero-order valence-electron chi connectivity index (χ0n) is 25.9. The van der Waals surface area contributed by atoms with Gasteiger partial charge in [-0.2, -0.15) is 0 Å². The highest BCUT2D eigenvalue weighted by molar-refractivity contribution is 5.94. The number of carbonyl (C=O) groups is 2. The number of rotatable bonds is 8. The minimum atomic E-state index is -0.282. The Kier molecular flexibility index (Phi) is 7.50. The number of benzene rings is 1. The summed E-state index contributed by atoms with van der Waals surface area (Å²) in [6, 6.07) is 12.8. The Hall–Kier alpha value is -4.74. The molecule has 12 nitrogen and oxygen atoms in total. The SMILES string of the molecule is CC[C@]1(c2ccccc2)CCN(c2cnc(C(=O)NCCN3CC4(CCN(c5nccn6cnnc56)CC4)NC3=O)c(C)c2)C1. The third kappa shape index (κ3) is 5.42. The number of nitrogens with one attached hydrogen (secondary N) is 2. The van der Waals surface area contributed by atoms with E-state index in [-0.39, 0.29) is 22.9 Å². The van der Waals surface area contributed by atoms with Crippen LogP contribution in [0.3, 0.4) is 0 Å².